The van der Waals surface area contributed by atoms with E-state index < -0.39 is 179 Å². The lowest BCUT2D eigenvalue weighted by Crippen LogP contribution is -2.74. The van der Waals surface area contributed by atoms with Crippen molar-refractivity contribution in [2.75, 3.05) is 364 Å². The Morgan fingerprint density at radius 1 is 0.134 bits per heavy atom. The van der Waals surface area contributed by atoms with E-state index in [4.69, 9.17) is 133 Å². The highest BCUT2D eigenvalue weighted by atomic mass is 19.4. The van der Waals surface area contributed by atoms with Crippen molar-refractivity contribution in [3.05, 3.63) is 0 Å². The zero-order valence-corrected chi connectivity index (χ0v) is 77.7. The first kappa shape index (κ1) is 138. The van der Waals surface area contributed by atoms with Gasteiger partial charge >= 0.3 is 95.3 Å². The van der Waals surface area contributed by atoms with Crippen LogP contribution in [0.4, 0.5) is 149 Å². The van der Waals surface area contributed by atoms with Crippen LogP contribution in [0, 0.1) is 0 Å². The van der Waals surface area contributed by atoms with Crippen molar-refractivity contribution in [1.29, 1.82) is 0 Å². The second kappa shape index (κ2) is 74.5. The molecule has 0 spiro atoms. The molecule has 0 radical (unpaired) electrons. The maximum atomic E-state index is 14.5. The Kier molecular flexibility index (Phi) is 72.6. The molecule has 62 heteroatoms. The van der Waals surface area contributed by atoms with Crippen LogP contribution in [0.5, 0.6) is 0 Å². The average molecular weight is 2180 g/mol. The van der Waals surface area contributed by atoms with Crippen molar-refractivity contribution in [2.45, 2.75) is 153 Å². The minimum atomic E-state index is -8.85. The number of hydrogen-bond acceptors (Lipinski definition) is 28. The van der Waals surface area contributed by atoms with Gasteiger partial charge in [0, 0.05) is 33.2 Å². The minimum absolute atomic E-state index is 0.0460. The molecule has 1 unspecified atom stereocenters. The van der Waals surface area contributed by atoms with Crippen LogP contribution in [0.15, 0.2) is 0 Å². The first-order chi connectivity index (χ1) is 66.6. The molecule has 0 rings (SSSR count). The standard InChI is InChI=1S/C80H128F34O28/c1-115-12-13-116-14-15-117-16-17-118-18-19-119-20-21-120-22-23-121-24-25-122-26-27-123-28-29-124-30-31-125-32-33-126-34-35-127-36-37-128-38-39-129-40-41-130-42-43-131-44-45-132-46-47-133-48-49-134-50-51-135-52-53-136-54-55-137-56-57-138-58-59-139-60-61-141-63-64(142-11-7-3-5-9-66(83,84)68(87,88)70(91,92)72(95,96)74(99,100)76(103,104)78(107,108)80(112,113)114)62-140-10-6-2-4-8-65(81,82)67(85,86)69(89,90)71(93,94)73(97,98)75(101,102)77(105,106)79(109,110)111/h64H,2-63H2,1H3. The predicted molar refractivity (Wildman–Crippen MR) is 421 cm³/mol. The molecule has 0 aromatic rings. The summed E-state index contributed by atoms with van der Waals surface area (Å²) in [6.07, 6.45) is -29.4. The van der Waals surface area contributed by atoms with Crippen LogP contribution in [0.25, 0.3) is 0 Å². The van der Waals surface area contributed by atoms with Gasteiger partial charge in [-0.2, -0.15) is 149 Å². The SMILES string of the molecule is COCCOCCOCCOCCOCCOCCOCCOCCOCCOCCOCCOCCOCCOCCOCCOCCOCCOCCOCCOCCOCCOCCOCCOCCOCCOCC(COCCCCCC(F)(F)C(F)(F)C(F)(F)C(F)(F)C(F)(F)C(F)(F)C(F)(F)C(F)(F)F)OCCCCCC(F)(F)C(F)(F)C(F)(F)C(F)(F)C(F)(F)C(F)(F)C(F)(F)C(F)(F)F. The molecule has 0 N–H and O–H groups in total. The number of unbranched alkanes of at least 4 members (excludes halogenated alkanes) is 4. The molecule has 0 aromatic carbocycles. The van der Waals surface area contributed by atoms with E-state index in [-0.39, 0.29) is 79.3 Å². The Labute approximate surface area is 796 Å². The number of methoxy groups -OCH3 is 1. The Morgan fingerprint density at radius 2 is 0.268 bits per heavy atom. The van der Waals surface area contributed by atoms with Gasteiger partial charge in [0.05, 0.1) is 344 Å². The highest BCUT2D eigenvalue weighted by Crippen LogP contribution is 2.67. The predicted octanol–water partition coefficient (Wildman–Crippen LogP) is 14.6. The largest absolute Gasteiger partial charge is 0.460 e. The van der Waals surface area contributed by atoms with Gasteiger partial charge in [-0.15, -0.1) is 0 Å². The third-order valence-corrected chi connectivity index (χ3v) is 18.3. The van der Waals surface area contributed by atoms with Crippen LogP contribution in [0.2, 0.25) is 0 Å². The maximum Gasteiger partial charge on any atom is 0.460 e. The number of ether oxygens (including phenoxy) is 28. The summed E-state index contributed by atoms with van der Waals surface area (Å²) in [6, 6.07) is 0. The van der Waals surface area contributed by atoms with E-state index in [0.717, 1.165) is 0 Å². The van der Waals surface area contributed by atoms with E-state index in [2.05, 4.69) is 0 Å². The first-order valence-electron chi connectivity index (χ1n) is 44.2. The van der Waals surface area contributed by atoms with Gasteiger partial charge in [-0.3, -0.25) is 0 Å². The van der Waals surface area contributed by atoms with E-state index in [1.807, 2.05) is 0 Å². The normalized spacial score (nSPS) is 14.1. The second-order valence-corrected chi connectivity index (χ2v) is 29.3. The van der Waals surface area contributed by atoms with E-state index in [0.29, 0.717) is 251 Å². The molecule has 0 aliphatic carbocycles. The molecular formula is C80H128F34O28. The highest BCUT2D eigenvalue weighted by molar-refractivity contribution is 5.17. The molecular weight excluding hydrogens is 2050 g/mol. The second-order valence-electron chi connectivity index (χ2n) is 29.3. The Morgan fingerprint density at radius 3 is 0.430 bits per heavy atom. The molecule has 0 aliphatic rings. The van der Waals surface area contributed by atoms with E-state index in [1.54, 1.807) is 7.11 Å². The lowest BCUT2D eigenvalue weighted by molar-refractivity contribution is -0.461. The molecule has 0 bridgehead atoms. The third kappa shape index (κ3) is 51.1. The van der Waals surface area contributed by atoms with E-state index in [1.165, 1.54) is 0 Å². The lowest BCUT2D eigenvalue weighted by Gasteiger charge is -2.42. The third-order valence-electron chi connectivity index (χ3n) is 18.3. The monoisotopic (exact) mass is 2180 g/mol. The quantitative estimate of drug-likeness (QED) is 0.0405. The van der Waals surface area contributed by atoms with Crippen molar-refractivity contribution in [3.63, 3.8) is 0 Å². The summed E-state index contributed by atoms with van der Waals surface area (Å²) in [7, 11) is 1.62. The Balaban J connectivity index is 4.23. The summed E-state index contributed by atoms with van der Waals surface area (Å²) in [5.74, 6) is -116. The van der Waals surface area contributed by atoms with Crippen LogP contribution in [0.1, 0.15) is 51.4 Å². The molecule has 0 saturated carbocycles. The van der Waals surface area contributed by atoms with Crippen molar-refractivity contribution in [3.8, 4) is 0 Å². The van der Waals surface area contributed by atoms with Gasteiger partial charge in [0.2, 0.25) is 0 Å². The minimum Gasteiger partial charge on any atom is -0.382 e. The molecule has 0 aromatic heterocycles. The molecule has 1 atom stereocenters. The zero-order valence-electron chi connectivity index (χ0n) is 77.7. The van der Waals surface area contributed by atoms with E-state index in [9.17, 15) is 149 Å². The summed E-state index contributed by atoms with van der Waals surface area (Å²) in [5, 5.41) is 0. The van der Waals surface area contributed by atoms with Gasteiger partial charge in [0.1, 0.15) is 6.10 Å². The molecule has 0 amide bonds. The van der Waals surface area contributed by atoms with Gasteiger partial charge in [-0.05, 0) is 25.7 Å². The van der Waals surface area contributed by atoms with Crippen molar-refractivity contribution < 1.29 is 282 Å². The molecule has 854 valence electrons. The van der Waals surface area contributed by atoms with Crippen LogP contribution in [-0.4, -0.2) is 465 Å². The molecule has 0 aliphatic heterocycles. The number of rotatable bonds is 104. The van der Waals surface area contributed by atoms with Gasteiger partial charge in [-0.1, -0.05) is 12.8 Å². The smallest absolute Gasteiger partial charge is 0.382 e. The summed E-state index contributed by atoms with van der Waals surface area (Å²) in [5.41, 5.74) is 0. The van der Waals surface area contributed by atoms with Gasteiger partial charge in [0.15, 0.2) is 0 Å². The van der Waals surface area contributed by atoms with E-state index >= 15 is 0 Å². The van der Waals surface area contributed by atoms with Crippen LogP contribution in [0.3, 0.4) is 0 Å². The molecule has 0 fully saturated rings. The van der Waals surface area contributed by atoms with Crippen molar-refractivity contribution in [1.82, 2.24) is 0 Å². The van der Waals surface area contributed by atoms with Crippen molar-refractivity contribution >= 4 is 0 Å². The average Bonchev–Trinajstić information content (AvgIpc) is 0.698. The number of alkyl halides is 34. The summed E-state index contributed by atoms with van der Waals surface area (Å²) in [6.45, 7) is 13.8. The molecule has 142 heavy (non-hydrogen) atoms. The first-order valence-corrected chi connectivity index (χ1v) is 44.2. The fraction of sp³-hybridized carbons (Fsp3) is 1.00. The fourth-order valence-electron chi connectivity index (χ4n) is 10.3. The summed E-state index contributed by atoms with van der Waals surface area (Å²) in [4.78, 5) is 0. The maximum absolute atomic E-state index is 14.5. The van der Waals surface area contributed by atoms with Gasteiger partial charge in [0.25, 0.3) is 0 Å². The Hall–Kier alpha value is -3.50. The topological polar surface area (TPSA) is 258 Å². The van der Waals surface area contributed by atoms with Gasteiger partial charge < -0.3 is 133 Å². The van der Waals surface area contributed by atoms with Crippen LogP contribution >= 0.6 is 0 Å². The molecule has 28 nitrogen and oxygen atoms in total. The number of halogens is 34. The number of hydrogen-bond donors (Lipinski definition) is 0. The van der Waals surface area contributed by atoms with Crippen molar-refractivity contribution in [2.24, 2.45) is 0 Å². The zero-order chi connectivity index (χ0) is 107. The summed E-state index contributed by atoms with van der Waals surface area (Å²) < 4.78 is 616. The summed E-state index contributed by atoms with van der Waals surface area (Å²) >= 11 is 0. The van der Waals surface area contributed by atoms with Crippen LogP contribution in [-0.2, 0) is 133 Å². The highest BCUT2D eigenvalue weighted by Gasteiger charge is 2.97. The van der Waals surface area contributed by atoms with Gasteiger partial charge in [-0.25, -0.2) is 0 Å². The molecule has 0 heterocycles. The van der Waals surface area contributed by atoms with Crippen LogP contribution < -0.4 is 0 Å². The fourth-order valence-corrected chi connectivity index (χ4v) is 10.3. The Bertz CT molecular complexity index is 2990. The molecule has 0 saturated heterocycles. The lowest BCUT2D eigenvalue weighted by atomic mass is 9.88.